The topological polar surface area (TPSA) is 59.8 Å². The van der Waals surface area contributed by atoms with Gasteiger partial charge in [0, 0.05) is 43.3 Å². The van der Waals surface area contributed by atoms with E-state index in [0.29, 0.717) is 25.9 Å². The van der Waals surface area contributed by atoms with E-state index in [1.807, 2.05) is 36.4 Å². The number of nitrogens with one attached hydrogen (secondary N) is 1. The number of carbonyl (C=O) groups is 1. The first-order chi connectivity index (χ1) is 15.0. The number of carbonyl (C=O) groups excluding carboxylic acids is 1. The lowest BCUT2D eigenvalue weighted by Gasteiger charge is -2.11. The van der Waals surface area contributed by atoms with Crippen LogP contribution in [-0.2, 0) is 24.3 Å². The number of hydrogen-bond donors (Lipinski definition) is 1. The van der Waals surface area contributed by atoms with Crippen molar-refractivity contribution in [2.75, 3.05) is 0 Å². The van der Waals surface area contributed by atoms with Crippen LogP contribution in [-0.4, -0.2) is 20.4 Å². The summed E-state index contributed by atoms with van der Waals surface area (Å²) in [7, 11) is 0. The number of rotatable bonds is 7. The van der Waals surface area contributed by atoms with E-state index >= 15 is 0 Å². The fourth-order valence-corrected chi connectivity index (χ4v) is 3.83. The van der Waals surface area contributed by atoms with Crippen LogP contribution in [0.15, 0.2) is 60.9 Å². The van der Waals surface area contributed by atoms with Crippen molar-refractivity contribution < 1.29 is 4.79 Å². The number of aryl methyl sites for hydroxylation is 3. The predicted octanol–water partition coefficient (Wildman–Crippen LogP) is 5.00. The zero-order chi connectivity index (χ0) is 21.8. The van der Waals surface area contributed by atoms with E-state index in [9.17, 15) is 4.79 Å². The molecule has 0 unspecified atom stereocenters. The highest BCUT2D eigenvalue weighted by atomic mass is 35.5. The van der Waals surface area contributed by atoms with Crippen LogP contribution in [0.1, 0.15) is 34.5 Å². The van der Waals surface area contributed by atoms with Crippen LogP contribution in [0.25, 0.3) is 11.0 Å². The zero-order valence-corrected chi connectivity index (χ0v) is 18.5. The van der Waals surface area contributed by atoms with Crippen LogP contribution < -0.4 is 5.32 Å². The van der Waals surface area contributed by atoms with Crippen molar-refractivity contribution in [2.24, 2.45) is 0 Å². The molecule has 0 aliphatic rings. The average molecular weight is 433 g/mol. The fourth-order valence-electron chi connectivity index (χ4n) is 3.63. The van der Waals surface area contributed by atoms with Gasteiger partial charge in [0.05, 0.1) is 11.0 Å². The first-order valence-electron chi connectivity index (χ1n) is 10.4. The smallest absolute Gasteiger partial charge is 0.222 e. The van der Waals surface area contributed by atoms with Gasteiger partial charge < -0.3 is 9.88 Å². The summed E-state index contributed by atoms with van der Waals surface area (Å²) < 4.78 is 2.15. The quantitative estimate of drug-likeness (QED) is 0.447. The molecule has 0 bridgehead atoms. The Balaban J connectivity index is 1.56. The van der Waals surface area contributed by atoms with Gasteiger partial charge in [-0.3, -0.25) is 9.78 Å². The molecule has 2 aromatic carbocycles. The van der Waals surface area contributed by atoms with Gasteiger partial charge in [0.25, 0.3) is 0 Å². The largest absolute Gasteiger partial charge is 0.352 e. The molecule has 1 N–H and O–H groups in total. The highest BCUT2D eigenvalue weighted by molar-refractivity contribution is 6.31. The molecule has 2 aromatic heterocycles. The summed E-state index contributed by atoms with van der Waals surface area (Å²) in [6.07, 6.45) is 4.44. The van der Waals surface area contributed by atoms with Gasteiger partial charge >= 0.3 is 0 Å². The maximum atomic E-state index is 12.5. The van der Waals surface area contributed by atoms with Crippen molar-refractivity contribution in [3.63, 3.8) is 0 Å². The molecular formula is C25H25ClN4O. The van der Waals surface area contributed by atoms with Crippen molar-refractivity contribution in [2.45, 2.75) is 39.8 Å². The molecule has 0 saturated carbocycles. The maximum Gasteiger partial charge on any atom is 0.222 e. The van der Waals surface area contributed by atoms with Crippen molar-refractivity contribution >= 4 is 28.5 Å². The molecule has 0 aliphatic carbocycles. The van der Waals surface area contributed by atoms with E-state index in [0.717, 1.165) is 33.0 Å². The standard InChI is InChI=1S/C25H25ClN4O/c1-17-13-22-23(14-18(17)2)30(24(29-22)15-20-5-3-4-6-21(20)26)12-9-25(31)28-16-19-7-10-27-11-8-19/h3-8,10-11,13-14H,9,12,15-16H2,1-2H3,(H,28,31). The molecule has 0 fully saturated rings. The third-order valence-electron chi connectivity index (χ3n) is 5.55. The van der Waals surface area contributed by atoms with E-state index in [1.54, 1.807) is 12.4 Å². The van der Waals surface area contributed by atoms with Crippen LogP contribution in [0.4, 0.5) is 0 Å². The Labute approximate surface area is 187 Å². The Bertz CT molecular complexity index is 1220. The van der Waals surface area contributed by atoms with Gasteiger partial charge in [-0.2, -0.15) is 0 Å². The Morgan fingerprint density at radius 2 is 1.81 bits per heavy atom. The molecule has 4 aromatic rings. The van der Waals surface area contributed by atoms with Crippen LogP contribution in [0.3, 0.4) is 0 Å². The van der Waals surface area contributed by atoms with Crippen LogP contribution in [0.5, 0.6) is 0 Å². The molecule has 0 saturated heterocycles. The normalized spacial score (nSPS) is 11.1. The molecule has 6 heteroatoms. The first kappa shape index (κ1) is 21.1. The molecule has 0 spiro atoms. The lowest BCUT2D eigenvalue weighted by Crippen LogP contribution is -2.24. The highest BCUT2D eigenvalue weighted by Gasteiger charge is 2.15. The third kappa shape index (κ3) is 4.94. The summed E-state index contributed by atoms with van der Waals surface area (Å²) in [4.78, 5) is 21.4. The Morgan fingerprint density at radius 1 is 1.06 bits per heavy atom. The number of hydrogen-bond acceptors (Lipinski definition) is 3. The molecule has 31 heavy (non-hydrogen) atoms. The number of benzene rings is 2. The molecule has 2 heterocycles. The predicted molar refractivity (Wildman–Crippen MR) is 124 cm³/mol. The monoisotopic (exact) mass is 432 g/mol. The summed E-state index contributed by atoms with van der Waals surface area (Å²) in [5.74, 6) is 0.918. The fraction of sp³-hybridized carbons (Fsp3) is 0.240. The molecule has 158 valence electrons. The summed E-state index contributed by atoms with van der Waals surface area (Å²) >= 11 is 6.40. The summed E-state index contributed by atoms with van der Waals surface area (Å²) in [5.41, 5.74) is 6.46. The first-order valence-corrected chi connectivity index (χ1v) is 10.7. The van der Waals surface area contributed by atoms with E-state index in [2.05, 4.69) is 40.8 Å². The molecule has 1 amide bonds. The summed E-state index contributed by atoms with van der Waals surface area (Å²) in [6.45, 7) is 5.24. The summed E-state index contributed by atoms with van der Waals surface area (Å²) in [6, 6.07) is 15.9. The molecule has 0 radical (unpaired) electrons. The lowest BCUT2D eigenvalue weighted by molar-refractivity contribution is -0.121. The number of pyridine rings is 1. The minimum Gasteiger partial charge on any atom is -0.352 e. The number of halogens is 1. The van der Waals surface area contributed by atoms with Gasteiger partial charge in [-0.1, -0.05) is 29.8 Å². The van der Waals surface area contributed by atoms with Crippen molar-refractivity contribution in [3.05, 3.63) is 94.0 Å². The minimum atomic E-state index is 0.00573. The number of nitrogens with zero attached hydrogens (tertiary/aromatic N) is 3. The van der Waals surface area contributed by atoms with Gasteiger partial charge in [-0.05, 0) is 66.4 Å². The van der Waals surface area contributed by atoms with Crippen molar-refractivity contribution in [1.29, 1.82) is 0 Å². The zero-order valence-electron chi connectivity index (χ0n) is 17.7. The minimum absolute atomic E-state index is 0.00573. The second kappa shape index (κ2) is 9.31. The lowest BCUT2D eigenvalue weighted by atomic mass is 10.1. The molecule has 0 aliphatic heterocycles. The van der Waals surface area contributed by atoms with Crippen molar-refractivity contribution in [1.82, 2.24) is 19.9 Å². The molecule has 4 rings (SSSR count). The Morgan fingerprint density at radius 3 is 2.58 bits per heavy atom. The summed E-state index contributed by atoms with van der Waals surface area (Å²) in [5, 5.41) is 3.71. The van der Waals surface area contributed by atoms with Gasteiger partial charge in [-0.25, -0.2) is 4.98 Å². The number of fused-ring (bicyclic) bond motifs is 1. The van der Waals surface area contributed by atoms with E-state index in [-0.39, 0.29) is 5.91 Å². The van der Waals surface area contributed by atoms with Crippen LogP contribution in [0.2, 0.25) is 5.02 Å². The molecular weight excluding hydrogens is 408 g/mol. The van der Waals surface area contributed by atoms with Gasteiger partial charge in [0.1, 0.15) is 5.82 Å². The van der Waals surface area contributed by atoms with E-state index < -0.39 is 0 Å². The average Bonchev–Trinajstić information content (AvgIpc) is 3.09. The second-order valence-corrected chi connectivity index (χ2v) is 8.16. The molecule has 5 nitrogen and oxygen atoms in total. The van der Waals surface area contributed by atoms with Crippen LogP contribution in [0, 0.1) is 13.8 Å². The van der Waals surface area contributed by atoms with Gasteiger partial charge in [0.2, 0.25) is 5.91 Å². The van der Waals surface area contributed by atoms with Gasteiger partial charge in [-0.15, -0.1) is 0 Å². The maximum absolute atomic E-state index is 12.5. The third-order valence-corrected chi connectivity index (χ3v) is 5.92. The molecule has 0 atom stereocenters. The van der Waals surface area contributed by atoms with E-state index in [4.69, 9.17) is 16.6 Å². The number of aromatic nitrogens is 3. The van der Waals surface area contributed by atoms with E-state index in [1.165, 1.54) is 11.1 Å². The Hall–Kier alpha value is -3.18. The van der Waals surface area contributed by atoms with Crippen LogP contribution >= 0.6 is 11.6 Å². The second-order valence-electron chi connectivity index (χ2n) is 7.76. The highest BCUT2D eigenvalue weighted by Crippen LogP contribution is 2.25. The number of imidazole rings is 1. The Kier molecular flexibility index (Phi) is 6.33. The van der Waals surface area contributed by atoms with Gasteiger partial charge in [0.15, 0.2) is 0 Å². The number of amides is 1. The SMILES string of the molecule is Cc1cc2nc(Cc3ccccc3Cl)n(CCC(=O)NCc3ccncc3)c2cc1C. The van der Waals surface area contributed by atoms with Crippen molar-refractivity contribution in [3.8, 4) is 0 Å².